The first-order valence-corrected chi connectivity index (χ1v) is 6.83. The number of aromatic nitrogens is 2. The molecule has 5 nitrogen and oxygen atoms in total. The largest absolute Gasteiger partial charge is 0.467 e. The number of nitrogens with zero attached hydrogens (tertiary/aromatic N) is 3. The summed E-state index contributed by atoms with van der Waals surface area (Å²) in [4.78, 5) is 11.1. The van der Waals surface area contributed by atoms with Crippen LogP contribution in [0, 0.1) is 11.3 Å². The van der Waals surface area contributed by atoms with E-state index in [9.17, 15) is 4.79 Å². The van der Waals surface area contributed by atoms with Crippen molar-refractivity contribution in [3.8, 4) is 11.9 Å². The summed E-state index contributed by atoms with van der Waals surface area (Å²) in [5.41, 5.74) is 2.04. The number of hydrogen-bond donors (Lipinski definition) is 0. The summed E-state index contributed by atoms with van der Waals surface area (Å²) in [6, 6.07) is 19.1. The summed E-state index contributed by atoms with van der Waals surface area (Å²) in [6.07, 6.45) is 0. The molecule has 0 amide bonds. The smallest absolute Gasteiger partial charge is 0.269 e. The lowest BCUT2D eigenvalue weighted by atomic mass is 10.2. The van der Waals surface area contributed by atoms with E-state index >= 15 is 0 Å². The first-order chi connectivity index (χ1) is 10.8. The van der Waals surface area contributed by atoms with Gasteiger partial charge in [0.1, 0.15) is 6.07 Å². The fraction of sp³-hybridized carbons (Fsp3) is 0.118. The summed E-state index contributed by atoms with van der Waals surface area (Å²) >= 11 is 0. The summed E-state index contributed by atoms with van der Waals surface area (Å²) < 4.78 is 7.22. The van der Waals surface area contributed by atoms with Gasteiger partial charge in [0, 0.05) is 0 Å². The molecule has 0 N–H and O–H groups in total. The average molecular weight is 291 g/mol. The molecule has 0 radical (unpaired) electrons. The SMILES string of the molecule is N#CC(=O)COc1nn(Cc2ccccc2)c2ccccc12. The second-order valence-electron chi connectivity index (χ2n) is 4.79. The van der Waals surface area contributed by atoms with Crippen LogP contribution in [0.25, 0.3) is 10.9 Å². The van der Waals surface area contributed by atoms with Crippen LogP contribution in [0.3, 0.4) is 0 Å². The number of ketones is 1. The van der Waals surface area contributed by atoms with Crippen molar-refractivity contribution in [2.24, 2.45) is 0 Å². The molecular formula is C17H13N3O2. The van der Waals surface area contributed by atoms with E-state index in [2.05, 4.69) is 5.10 Å². The predicted octanol–water partition coefficient (Wildman–Crippen LogP) is 2.56. The molecule has 0 fully saturated rings. The van der Waals surface area contributed by atoms with Crippen LogP contribution in [-0.2, 0) is 11.3 Å². The Morgan fingerprint density at radius 2 is 1.86 bits per heavy atom. The molecule has 0 aliphatic rings. The fourth-order valence-corrected chi connectivity index (χ4v) is 2.25. The van der Waals surface area contributed by atoms with E-state index in [1.54, 1.807) is 0 Å². The van der Waals surface area contributed by atoms with Crippen LogP contribution >= 0.6 is 0 Å². The zero-order chi connectivity index (χ0) is 15.4. The van der Waals surface area contributed by atoms with E-state index in [1.165, 1.54) is 6.07 Å². The first-order valence-electron chi connectivity index (χ1n) is 6.83. The van der Waals surface area contributed by atoms with Gasteiger partial charge in [-0.1, -0.05) is 42.5 Å². The highest BCUT2D eigenvalue weighted by Crippen LogP contribution is 2.25. The number of benzene rings is 2. The van der Waals surface area contributed by atoms with Crippen molar-refractivity contribution >= 4 is 16.7 Å². The van der Waals surface area contributed by atoms with Gasteiger partial charge in [0.05, 0.1) is 17.4 Å². The number of hydrogen-bond acceptors (Lipinski definition) is 4. The molecule has 0 atom stereocenters. The quantitative estimate of drug-likeness (QED) is 0.677. The standard InChI is InChI=1S/C17H13N3O2/c18-10-14(21)12-22-17-15-8-4-5-9-16(15)20(19-17)11-13-6-2-1-3-7-13/h1-9H,11-12H2. The van der Waals surface area contributed by atoms with Crippen molar-refractivity contribution in [3.05, 3.63) is 60.2 Å². The summed E-state index contributed by atoms with van der Waals surface area (Å²) in [5, 5.41) is 13.8. The Balaban J connectivity index is 1.94. The molecule has 0 spiro atoms. The summed E-state index contributed by atoms with van der Waals surface area (Å²) in [7, 11) is 0. The molecule has 5 heteroatoms. The van der Waals surface area contributed by atoms with Crippen molar-refractivity contribution in [2.75, 3.05) is 6.61 Å². The van der Waals surface area contributed by atoms with Gasteiger partial charge in [-0.3, -0.25) is 9.48 Å². The van der Waals surface area contributed by atoms with Crippen molar-refractivity contribution < 1.29 is 9.53 Å². The molecule has 0 unspecified atom stereocenters. The van der Waals surface area contributed by atoms with Crippen LogP contribution in [0.4, 0.5) is 0 Å². The van der Waals surface area contributed by atoms with Crippen molar-refractivity contribution in [1.82, 2.24) is 9.78 Å². The zero-order valence-electron chi connectivity index (χ0n) is 11.8. The van der Waals surface area contributed by atoms with E-state index in [-0.39, 0.29) is 6.61 Å². The minimum atomic E-state index is -0.623. The van der Waals surface area contributed by atoms with Crippen molar-refractivity contribution in [2.45, 2.75) is 6.54 Å². The molecule has 108 valence electrons. The predicted molar refractivity (Wildman–Crippen MR) is 81.4 cm³/mol. The number of para-hydroxylation sites is 1. The third-order valence-corrected chi connectivity index (χ3v) is 3.26. The highest BCUT2D eigenvalue weighted by Gasteiger charge is 2.12. The van der Waals surface area contributed by atoms with E-state index < -0.39 is 5.78 Å². The van der Waals surface area contributed by atoms with Gasteiger partial charge in [-0.05, 0) is 17.7 Å². The average Bonchev–Trinajstić information content (AvgIpc) is 2.92. The molecule has 3 rings (SSSR count). The highest BCUT2D eigenvalue weighted by molar-refractivity contribution is 5.94. The molecule has 22 heavy (non-hydrogen) atoms. The molecular weight excluding hydrogens is 278 g/mol. The lowest BCUT2D eigenvalue weighted by Gasteiger charge is -2.03. The van der Waals surface area contributed by atoms with Crippen LogP contribution in [-0.4, -0.2) is 22.2 Å². The Labute approximate surface area is 127 Å². The Kier molecular flexibility index (Phi) is 3.84. The maximum atomic E-state index is 11.1. The lowest BCUT2D eigenvalue weighted by Crippen LogP contribution is -2.09. The second kappa shape index (κ2) is 6.10. The van der Waals surface area contributed by atoms with Gasteiger partial charge in [-0.25, -0.2) is 0 Å². The van der Waals surface area contributed by atoms with Crippen molar-refractivity contribution in [3.63, 3.8) is 0 Å². The zero-order valence-corrected chi connectivity index (χ0v) is 11.8. The minimum Gasteiger partial charge on any atom is -0.467 e. The Morgan fingerprint density at radius 3 is 2.64 bits per heavy atom. The Morgan fingerprint density at radius 1 is 1.14 bits per heavy atom. The fourth-order valence-electron chi connectivity index (χ4n) is 2.25. The number of Topliss-reactive ketones (excluding diaryl/α,β-unsaturated/α-hetero) is 1. The molecule has 0 saturated heterocycles. The van der Waals surface area contributed by atoms with E-state index in [4.69, 9.17) is 10.00 Å². The second-order valence-corrected chi connectivity index (χ2v) is 4.79. The minimum absolute atomic E-state index is 0.289. The number of fused-ring (bicyclic) bond motifs is 1. The van der Waals surface area contributed by atoms with E-state index in [0.29, 0.717) is 12.4 Å². The van der Waals surface area contributed by atoms with Gasteiger partial charge in [-0.15, -0.1) is 5.10 Å². The van der Waals surface area contributed by atoms with Crippen molar-refractivity contribution in [1.29, 1.82) is 5.26 Å². The monoisotopic (exact) mass is 291 g/mol. The molecule has 0 bridgehead atoms. The van der Waals surface area contributed by atoms with Crippen LogP contribution < -0.4 is 4.74 Å². The maximum absolute atomic E-state index is 11.1. The van der Waals surface area contributed by atoms with Gasteiger partial charge in [0.15, 0.2) is 6.61 Å². The summed E-state index contributed by atoms with van der Waals surface area (Å²) in [5.74, 6) is -0.253. The summed E-state index contributed by atoms with van der Waals surface area (Å²) in [6.45, 7) is 0.319. The number of carbonyl (C=O) groups excluding carboxylic acids is 1. The highest BCUT2D eigenvalue weighted by atomic mass is 16.5. The Bertz CT molecular complexity index is 847. The normalized spacial score (nSPS) is 10.3. The van der Waals surface area contributed by atoms with E-state index in [1.807, 2.05) is 59.3 Å². The van der Waals surface area contributed by atoms with Gasteiger partial charge >= 0.3 is 0 Å². The molecule has 0 aliphatic carbocycles. The van der Waals surface area contributed by atoms with E-state index in [0.717, 1.165) is 16.5 Å². The van der Waals surface area contributed by atoms with Crippen LogP contribution in [0.5, 0.6) is 5.88 Å². The van der Waals surface area contributed by atoms with Crippen LogP contribution in [0.1, 0.15) is 5.56 Å². The number of ether oxygens (including phenoxy) is 1. The van der Waals surface area contributed by atoms with Gasteiger partial charge in [-0.2, -0.15) is 5.26 Å². The number of carbonyl (C=O) groups is 1. The van der Waals surface area contributed by atoms with Gasteiger partial charge < -0.3 is 4.74 Å². The topological polar surface area (TPSA) is 67.9 Å². The molecule has 1 heterocycles. The van der Waals surface area contributed by atoms with Crippen LogP contribution in [0.2, 0.25) is 0 Å². The first kappa shape index (κ1) is 13.8. The number of rotatable bonds is 5. The third kappa shape index (κ3) is 2.81. The molecule has 3 aromatic rings. The molecule has 0 aliphatic heterocycles. The van der Waals surface area contributed by atoms with Gasteiger partial charge in [0.2, 0.25) is 5.88 Å². The molecule has 2 aromatic carbocycles. The van der Waals surface area contributed by atoms with Crippen LogP contribution in [0.15, 0.2) is 54.6 Å². The molecule has 1 aromatic heterocycles. The Hall–Kier alpha value is -3.13. The third-order valence-electron chi connectivity index (χ3n) is 3.26. The molecule has 0 saturated carbocycles. The maximum Gasteiger partial charge on any atom is 0.269 e. The number of nitriles is 1. The van der Waals surface area contributed by atoms with Gasteiger partial charge in [0.25, 0.3) is 5.78 Å². The lowest BCUT2D eigenvalue weighted by molar-refractivity contribution is -0.115.